The smallest absolute Gasteiger partial charge is 0.336 e. The van der Waals surface area contributed by atoms with E-state index in [0.717, 1.165) is 11.1 Å². The van der Waals surface area contributed by atoms with Crippen LogP contribution in [0.5, 0.6) is 11.8 Å². The summed E-state index contributed by atoms with van der Waals surface area (Å²) < 4.78 is 25.9. The van der Waals surface area contributed by atoms with Crippen LogP contribution in [0.1, 0.15) is 15.9 Å². The Kier molecular flexibility index (Phi) is 7.45. The molecule has 1 heterocycles. The molecule has 1 N–H and O–H groups in total. The van der Waals surface area contributed by atoms with Gasteiger partial charge in [0.05, 0.1) is 17.7 Å². The van der Waals surface area contributed by atoms with Crippen LogP contribution in [-0.2, 0) is 6.61 Å². The molecule has 0 spiro atoms. The average molecular weight is 540 g/mol. The number of rotatable bonds is 9. The summed E-state index contributed by atoms with van der Waals surface area (Å²) in [5.41, 5.74) is 2.89. The van der Waals surface area contributed by atoms with E-state index in [9.17, 15) is 19.3 Å². The number of carbonyl (C=O) groups is 1. The quantitative estimate of drug-likeness (QED) is 0.185. The number of anilines is 1. The first-order valence-electron chi connectivity index (χ1n) is 12.0. The Morgan fingerprint density at radius 2 is 1.62 bits per heavy atom. The molecule has 5 aromatic rings. The molecule has 0 radical (unpaired) electrons. The summed E-state index contributed by atoms with van der Waals surface area (Å²) in [6, 6.07) is 25.7. The van der Waals surface area contributed by atoms with Crippen molar-refractivity contribution in [3.05, 3.63) is 124 Å². The summed E-state index contributed by atoms with van der Waals surface area (Å²) in [6.45, 7) is 0.153. The van der Waals surface area contributed by atoms with Crippen LogP contribution in [0.25, 0.3) is 17.1 Å². The highest BCUT2D eigenvalue weighted by molar-refractivity contribution is 6.04. The third-order valence-corrected chi connectivity index (χ3v) is 5.93. The van der Waals surface area contributed by atoms with Gasteiger partial charge in [0.1, 0.15) is 18.2 Å². The normalized spacial score (nSPS) is 10.7. The minimum Gasteiger partial charge on any atom is -0.497 e. The molecule has 0 aliphatic heterocycles. The standard InChI is InChI=1S/C29H22FN5O5/c1-39-26-16-6-20(7-17-26)27-32-29(40-18-19-2-8-22(30)9-3-19)33-34(27)24-14-10-23(11-15-24)31-28(36)21-4-12-25(13-5-21)35(37)38/h2-17H,18H2,1H3,(H,31,36). The number of benzene rings is 4. The Morgan fingerprint density at radius 3 is 2.25 bits per heavy atom. The summed E-state index contributed by atoms with van der Waals surface area (Å²) in [5, 5.41) is 18.1. The van der Waals surface area contributed by atoms with Crippen molar-refractivity contribution in [3.8, 4) is 28.8 Å². The molecule has 0 saturated heterocycles. The van der Waals surface area contributed by atoms with E-state index in [2.05, 4.69) is 15.4 Å². The fourth-order valence-corrected chi connectivity index (χ4v) is 3.81. The van der Waals surface area contributed by atoms with Crippen molar-refractivity contribution in [2.75, 3.05) is 12.4 Å². The van der Waals surface area contributed by atoms with Gasteiger partial charge in [-0.25, -0.2) is 9.07 Å². The first-order valence-corrected chi connectivity index (χ1v) is 12.0. The van der Waals surface area contributed by atoms with E-state index in [4.69, 9.17) is 9.47 Å². The number of ether oxygens (including phenoxy) is 2. The van der Waals surface area contributed by atoms with E-state index in [1.807, 2.05) is 24.3 Å². The number of halogens is 1. The largest absolute Gasteiger partial charge is 0.497 e. The maximum absolute atomic E-state index is 13.2. The first-order chi connectivity index (χ1) is 19.4. The van der Waals surface area contributed by atoms with Gasteiger partial charge >= 0.3 is 6.01 Å². The molecule has 4 aromatic carbocycles. The van der Waals surface area contributed by atoms with Crippen LogP contribution in [0, 0.1) is 15.9 Å². The van der Waals surface area contributed by atoms with Crippen molar-refractivity contribution < 1.29 is 23.6 Å². The lowest BCUT2D eigenvalue weighted by molar-refractivity contribution is -0.384. The van der Waals surface area contributed by atoms with Gasteiger partial charge < -0.3 is 14.8 Å². The van der Waals surface area contributed by atoms with Gasteiger partial charge in [0.15, 0.2) is 5.82 Å². The van der Waals surface area contributed by atoms with Crippen LogP contribution >= 0.6 is 0 Å². The molecule has 1 aromatic heterocycles. The highest BCUT2D eigenvalue weighted by Gasteiger charge is 2.16. The zero-order valence-electron chi connectivity index (χ0n) is 21.2. The fourth-order valence-electron chi connectivity index (χ4n) is 3.81. The number of carbonyl (C=O) groups excluding carboxylic acids is 1. The predicted molar refractivity (Wildman–Crippen MR) is 145 cm³/mol. The van der Waals surface area contributed by atoms with E-state index in [-0.39, 0.29) is 29.7 Å². The lowest BCUT2D eigenvalue weighted by atomic mass is 10.2. The molecule has 1 amide bonds. The lowest BCUT2D eigenvalue weighted by Gasteiger charge is -2.09. The molecule has 0 bridgehead atoms. The number of nitro benzene ring substituents is 1. The third kappa shape index (κ3) is 5.94. The molecule has 40 heavy (non-hydrogen) atoms. The van der Waals surface area contributed by atoms with Gasteiger partial charge in [-0.15, -0.1) is 5.10 Å². The molecule has 10 nitrogen and oxygen atoms in total. The number of hydrogen-bond acceptors (Lipinski definition) is 7. The van der Waals surface area contributed by atoms with Gasteiger partial charge in [-0.1, -0.05) is 12.1 Å². The van der Waals surface area contributed by atoms with Gasteiger partial charge in [-0.05, 0) is 78.4 Å². The van der Waals surface area contributed by atoms with Crippen LogP contribution in [0.2, 0.25) is 0 Å². The summed E-state index contributed by atoms with van der Waals surface area (Å²) in [5.74, 6) is 0.467. The van der Waals surface area contributed by atoms with Gasteiger partial charge in [0, 0.05) is 28.9 Å². The lowest BCUT2D eigenvalue weighted by Crippen LogP contribution is -2.12. The van der Waals surface area contributed by atoms with Crippen molar-refractivity contribution in [2.45, 2.75) is 6.61 Å². The number of nitrogens with zero attached hydrogens (tertiary/aromatic N) is 4. The number of hydrogen-bond donors (Lipinski definition) is 1. The summed E-state index contributed by atoms with van der Waals surface area (Å²) in [7, 11) is 1.58. The molecular formula is C29H22FN5O5. The van der Waals surface area contributed by atoms with Crippen molar-refractivity contribution in [1.29, 1.82) is 0 Å². The molecular weight excluding hydrogens is 517 g/mol. The van der Waals surface area contributed by atoms with Crippen LogP contribution in [-0.4, -0.2) is 32.7 Å². The second kappa shape index (κ2) is 11.4. The molecule has 5 rings (SSSR count). The highest BCUT2D eigenvalue weighted by atomic mass is 19.1. The number of amides is 1. The molecule has 200 valence electrons. The molecule has 0 atom stereocenters. The van der Waals surface area contributed by atoms with Gasteiger partial charge in [-0.2, -0.15) is 4.98 Å². The van der Waals surface area contributed by atoms with Crippen molar-refractivity contribution >= 4 is 17.3 Å². The summed E-state index contributed by atoms with van der Waals surface area (Å²) in [4.78, 5) is 27.5. The third-order valence-electron chi connectivity index (χ3n) is 5.93. The SMILES string of the molecule is COc1ccc(-c2nc(OCc3ccc(F)cc3)nn2-c2ccc(NC(=O)c3ccc([N+](=O)[O-])cc3)cc2)cc1. The number of non-ortho nitro benzene ring substituents is 1. The van der Waals surface area contributed by atoms with E-state index in [0.29, 0.717) is 22.9 Å². The Morgan fingerprint density at radius 1 is 0.950 bits per heavy atom. The van der Waals surface area contributed by atoms with Gasteiger partial charge in [-0.3, -0.25) is 14.9 Å². The molecule has 0 saturated carbocycles. The number of nitro groups is 1. The van der Waals surface area contributed by atoms with Crippen molar-refractivity contribution in [1.82, 2.24) is 14.8 Å². The zero-order valence-corrected chi connectivity index (χ0v) is 21.2. The minimum atomic E-state index is -0.524. The summed E-state index contributed by atoms with van der Waals surface area (Å²) >= 11 is 0. The van der Waals surface area contributed by atoms with E-state index < -0.39 is 10.8 Å². The van der Waals surface area contributed by atoms with Crippen LogP contribution in [0.3, 0.4) is 0 Å². The zero-order chi connectivity index (χ0) is 28.1. The maximum Gasteiger partial charge on any atom is 0.336 e. The topological polar surface area (TPSA) is 121 Å². The van der Waals surface area contributed by atoms with Crippen LogP contribution < -0.4 is 14.8 Å². The predicted octanol–water partition coefficient (Wildman–Crippen LogP) is 5.82. The highest BCUT2D eigenvalue weighted by Crippen LogP contribution is 2.27. The van der Waals surface area contributed by atoms with E-state index >= 15 is 0 Å². The van der Waals surface area contributed by atoms with Crippen LogP contribution in [0.15, 0.2) is 97.1 Å². The van der Waals surface area contributed by atoms with Crippen molar-refractivity contribution in [3.63, 3.8) is 0 Å². The number of nitrogens with one attached hydrogen (secondary N) is 1. The molecule has 0 unspecified atom stereocenters. The Labute approximate surface area is 227 Å². The summed E-state index contributed by atoms with van der Waals surface area (Å²) in [6.07, 6.45) is 0. The molecule has 0 aliphatic rings. The average Bonchev–Trinajstić information content (AvgIpc) is 3.41. The van der Waals surface area contributed by atoms with E-state index in [1.165, 1.54) is 36.4 Å². The number of aromatic nitrogens is 3. The van der Waals surface area contributed by atoms with Gasteiger partial charge in [0.25, 0.3) is 11.6 Å². The minimum absolute atomic E-state index is 0.0950. The Balaban J connectivity index is 1.38. The first kappa shape index (κ1) is 26.0. The number of methoxy groups -OCH3 is 1. The monoisotopic (exact) mass is 539 g/mol. The maximum atomic E-state index is 13.2. The fraction of sp³-hybridized carbons (Fsp3) is 0.0690. The van der Waals surface area contributed by atoms with Crippen LogP contribution in [0.4, 0.5) is 15.8 Å². The van der Waals surface area contributed by atoms with Crippen molar-refractivity contribution in [2.24, 2.45) is 0 Å². The molecule has 0 fully saturated rings. The second-order valence-corrected chi connectivity index (χ2v) is 8.58. The van der Waals surface area contributed by atoms with Gasteiger partial charge in [0.2, 0.25) is 0 Å². The van der Waals surface area contributed by atoms with E-state index in [1.54, 1.807) is 48.2 Å². The molecule has 11 heteroatoms. The molecule has 0 aliphatic carbocycles. The Hall–Kier alpha value is -5.58. The Bertz CT molecular complexity index is 1640. The second-order valence-electron chi connectivity index (χ2n) is 8.58.